The van der Waals surface area contributed by atoms with E-state index in [4.69, 9.17) is 5.84 Å². The molecule has 14 heteroatoms. The normalized spacial score (nSPS) is 11.1. The van der Waals surface area contributed by atoms with Crippen LogP contribution in [-0.2, 0) is 10.5 Å². The van der Waals surface area contributed by atoms with Crippen LogP contribution in [0, 0.1) is 0 Å². The van der Waals surface area contributed by atoms with Gasteiger partial charge in [-0.05, 0) is 17.0 Å². The molecule has 0 atom stereocenters. The van der Waals surface area contributed by atoms with Crippen LogP contribution in [0.15, 0.2) is 62.4 Å². The SMILES string of the molecule is Nn1c(N/N=C/c2cccs2)nnc1SCC(=O)Nc1nnc(SCc2ccccc2)s1. The summed E-state index contributed by atoms with van der Waals surface area (Å²) in [6.07, 6.45) is 1.66. The van der Waals surface area contributed by atoms with Gasteiger partial charge in [0.15, 0.2) is 4.34 Å². The molecule has 0 unspecified atom stereocenters. The van der Waals surface area contributed by atoms with Gasteiger partial charge in [-0.1, -0.05) is 71.3 Å². The van der Waals surface area contributed by atoms with Gasteiger partial charge < -0.3 is 5.84 Å². The summed E-state index contributed by atoms with van der Waals surface area (Å²) in [5, 5.41) is 25.6. The highest BCUT2D eigenvalue weighted by Gasteiger charge is 2.14. The molecule has 32 heavy (non-hydrogen) atoms. The lowest BCUT2D eigenvalue weighted by atomic mass is 10.2. The fourth-order valence-electron chi connectivity index (χ4n) is 2.29. The number of nitrogens with one attached hydrogen (secondary N) is 2. The largest absolute Gasteiger partial charge is 0.334 e. The van der Waals surface area contributed by atoms with E-state index in [0.29, 0.717) is 10.3 Å². The first kappa shape index (κ1) is 22.3. The number of amides is 1. The van der Waals surface area contributed by atoms with E-state index in [1.807, 2.05) is 35.7 Å². The number of carbonyl (C=O) groups is 1. The van der Waals surface area contributed by atoms with Crippen LogP contribution in [0.3, 0.4) is 0 Å². The van der Waals surface area contributed by atoms with E-state index < -0.39 is 0 Å². The van der Waals surface area contributed by atoms with Gasteiger partial charge in [-0.25, -0.2) is 10.1 Å². The van der Waals surface area contributed by atoms with Gasteiger partial charge in [-0.2, -0.15) is 5.10 Å². The lowest BCUT2D eigenvalue weighted by Gasteiger charge is -2.02. The number of benzene rings is 1. The zero-order valence-corrected chi connectivity index (χ0v) is 19.7. The number of aromatic nitrogens is 5. The predicted molar refractivity (Wildman–Crippen MR) is 131 cm³/mol. The van der Waals surface area contributed by atoms with Crippen LogP contribution >= 0.6 is 46.2 Å². The maximum Gasteiger partial charge on any atom is 0.264 e. The molecular weight excluding hydrogens is 487 g/mol. The van der Waals surface area contributed by atoms with Gasteiger partial charge in [0.25, 0.3) is 5.95 Å². The minimum Gasteiger partial charge on any atom is -0.334 e. The smallest absolute Gasteiger partial charge is 0.264 e. The van der Waals surface area contributed by atoms with Crippen molar-refractivity contribution in [2.75, 3.05) is 22.3 Å². The van der Waals surface area contributed by atoms with Crippen LogP contribution in [0.2, 0.25) is 0 Å². The van der Waals surface area contributed by atoms with Crippen molar-refractivity contribution in [3.8, 4) is 0 Å². The number of nitrogens with two attached hydrogens (primary N) is 1. The fourth-order valence-corrected chi connectivity index (χ4v) is 5.26. The lowest BCUT2D eigenvalue weighted by molar-refractivity contribution is -0.113. The third kappa shape index (κ3) is 6.29. The Balaban J connectivity index is 1.23. The zero-order chi connectivity index (χ0) is 22.2. The van der Waals surface area contributed by atoms with Crippen molar-refractivity contribution in [2.45, 2.75) is 15.2 Å². The first-order valence-corrected chi connectivity index (χ1v) is 12.8. The molecule has 0 saturated heterocycles. The van der Waals surface area contributed by atoms with Gasteiger partial charge >= 0.3 is 0 Å². The number of hydrazone groups is 1. The number of carbonyl (C=O) groups excluding carboxylic acids is 1. The van der Waals surface area contributed by atoms with E-state index in [-0.39, 0.29) is 17.6 Å². The predicted octanol–water partition coefficient (Wildman–Crippen LogP) is 3.37. The first-order chi connectivity index (χ1) is 15.7. The van der Waals surface area contributed by atoms with Crippen LogP contribution in [-0.4, -0.2) is 42.9 Å². The highest BCUT2D eigenvalue weighted by atomic mass is 32.2. The molecule has 1 amide bonds. The Hall–Kier alpha value is -2.94. The topological polar surface area (TPSA) is 136 Å². The molecular formula is C18H17N9OS4. The number of rotatable bonds is 10. The van der Waals surface area contributed by atoms with Gasteiger partial charge in [0.05, 0.1) is 12.0 Å². The summed E-state index contributed by atoms with van der Waals surface area (Å²) < 4.78 is 2.03. The third-order valence-corrected chi connectivity index (χ3v) is 7.55. The molecule has 3 heterocycles. The molecule has 1 aromatic carbocycles. The van der Waals surface area contributed by atoms with E-state index in [1.165, 1.54) is 21.6 Å². The van der Waals surface area contributed by atoms with Crippen LogP contribution in [0.25, 0.3) is 0 Å². The Morgan fingerprint density at radius 1 is 1.12 bits per heavy atom. The second-order valence-electron chi connectivity index (χ2n) is 6.05. The number of nitrogen functional groups attached to an aromatic ring is 1. The molecule has 0 saturated carbocycles. The minimum absolute atomic E-state index is 0.0971. The van der Waals surface area contributed by atoms with Crippen LogP contribution in [0.4, 0.5) is 11.1 Å². The van der Waals surface area contributed by atoms with E-state index >= 15 is 0 Å². The Kier molecular flexibility index (Phi) is 7.71. The number of thioether (sulfide) groups is 2. The molecule has 0 spiro atoms. The number of anilines is 2. The number of nitrogens with zero attached hydrogens (tertiary/aromatic N) is 6. The fraction of sp³-hybridized carbons (Fsp3) is 0.111. The van der Waals surface area contributed by atoms with E-state index in [9.17, 15) is 4.79 Å². The van der Waals surface area contributed by atoms with Crippen molar-refractivity contribution in [3.63, 3.8) is 0 Å². The summed E-state index contributed by atoms with van der Waals surface area (Å²) in [5.74, 6) is 6.89. The van der Waals surface area contributed by atoms with Crippen molar-refractivity contribution in [3.05, 3.63) is 58.3 Å². The quantitative estimate of drug-likeness (QED) is 0.0978. The molecule has 4 rings (SSSR count). The lowest BCUT2D eigenvalue weighted by Crippen LogP contribution is -2.16. The summed E-state index contributed by atoms with van der Waals surface area (Å²) in [6.45, 7) is 0. The Morgan fingerprint density at radius 3 is 2.81 bits per heavy atom. The van der Waals surface area contributed by atoms with Gasteiger partial charge in [-0.15, -0.1) is 31.7 Å². The van der Waals surface area contributed by atoms with Crippen molar-refractivity contribution in [1.82, 2.24) is 25.1 Å². The van der Waals surface area contributed by atoms with Crippen LogP contribution in [0.1, 0.15) is 10.4 Å². The molecule has 0 aliphatic rings. The second-order valence-corrected chi connectivity index (χ2v) is 10.2. The third-order valence-electron chi connectivity index (χ3n) is 3.75. The molecule has 3 aromatic heterocycles. The maximum atomic E-state index is 12.3. The van der Waals surface area contributed by atoms with Crippen molar-refractivity contribution < 1.29 is 4.79 Å². The van der Waals surface area contributed by atoms with Gasteiger partial charge in [0.1, 0.15) is 0 Å². The second kappa shape index (κ2) is 11.1. The van der Waals surface area contributed by atoms with Crippen LogP contribution in [0.5, 0.6) is 0 Å². The Bertz CT molecular complexity index is 1170. The summed E-state index contributed by atoms with van der Waals surface area (Å²) in [5.41, 5.74) is 3.93. The van der Waals surface area contributed by atoms with Crippen molar-refractivity contribution in [2.24, 2.45) is 5.10 Å². The van der Waals surface area contributed by atoms with Gasteiger partial charge in [0, 0.05) is 10.6 Å². The summed E-state index contributed by atoms with van der Waals surface area (Å²) >= 11 is 5.62. The molecule has 10 nitrogen and oxygen atoms in total. The standard InChI is InChI=1S/C18H17N9OS4/c19-27-15(22-20-9-13-7-4-8-29-13)23-25-17(27)30-11-14(28)21-16-24-26-18(32-16)31-10-12-5-2-1-3-6-12/h1-9H,10-11,19H2,(H,22,23)(H,21,24,28)/b20-9+. The number of hydrogen-bond donors (Lipinski definition) is 3. The molecule has 0 fully saturated rings. The molecule has 164 valence electrons. The molecule has 0 bridgehead atoms. The minimum atomic E-state index is -0.237. The van der Waals surface area contributed by atoms with E-state index in [2.05, 4.69) is 48.4 Å². The first-order valence-electron chi connectivity index (χ1n) is 9.13. The zero-order valence-electron chi connectivity index (χ0n) is 16.4. The summed E-state index contributed by atoms with van der Waals surface area (Å²) in [4.78, 5) is 13.3. The molecule has 4 N–H and O–H groups in total. The summed E-state index contributed by atoms with van der Waals surface area (Å²) in [6, 6.07) is 14.0. The number of hydrogen-bond acceptors (Lipinski definition) is 12. The van der Waals surface area contributed by atoms with E-state index in [1.54, 1.807) is 29.3 Å². The van der Waals surface area contributed by atoms with Crippen molar-refractivity contribution in [1.29, 1.82) is 0 Å². The monoisotopic (exact) mass is 503 g/mol. The number of thiophene rings is 1. The summed E-state index contributed by atoms with van der Waals surface area (Å²) in [7, 11) is 0. The van der Waals surface area contributed by atoms with Crippen molar-refractivity contribution >= 4 is 69.4 Å². The highest BCUT2D eigenvalue weighted by Crippen LogP contribution is 2.28. The van der Waals surface area contributed by atoms with Gasteiger partial charge in [-0.3, -0.25) is 10.1 Å². The molecule has 0 aliphatic heterocycles. The molecule has 4 aromatic rings. The molecule has 0 radical (unpaired) electrons. The van der Waals surface area contributed by atoms with Crippen LogP contribution < -0.4 is 16.6 Å². The molecule has 0 aliphatic carbocycles. The van der Waals surface area contributed by atoms with Gasteiger partial charge in [0.2, 0.25) is 16.2 Å². The Labute approximate surface area is 199 Å². The van der Waals surface area contributed by atoms with E-state index in [0.717, 1.165) is 26.7 Å². The maximum absolute atomic E-state index is 12.3. The Morgan fingerprint density at radius 2 is 2.00 bits per heavy atom. The average Bonchev–Trinajstić information content (AvgIpc) is 3.55. The highest BCUT2D eigenvalue weighted by molar-refractivity contribution is 8.00. The average molecular weight is 504 g/mol.